The second kappa shape index (κ2) is 10.2. The molecule has 4 aliphatic rings. The average Bonchev–Trinajstić information content (AvgIpc) is 2.75. The van der Waals surface area contributed by atoms with Crippen molar-refractivity contribution >= 4 is 6.03 Å². The Bertz CT molecular complexity index is 547. The molecule has 4 fully saturated rings. The molecule has 1 aliphatic carbocycles. The molecule has 2 amide bonds. The van der Waals surface area contributed by atoms with Gasteiger partial charge in [-0.05, 0) is 44.4 Å². The number of ether oxygens (including phenoxy) is 1. The summed E-state index contributed by atoms with van der Waals surface area (Å²) in [5.74, 6) is 0.753. The second-order valence-electron chi connectivity index (χ2n) is 10.7. The predicted molar refractivity (Wildman–Crippen MR) is 121 cm³/mol. The van der Waals surface area contributed by atoms with E-state index >= 15 is 0 Å². The number of carbonyl (C=O) groups is 1. The SMILES string of the molecule is CC(C)CN1CCN(C2CCOC3(CCN(C(=O)NC4CCCCC4)CC3)C2)CC1. The molecule has 1 unspecified atom stereocenters. The Morgan fingerprint density at radius 1 is 1.00 bits per heavy atom. The highest BCUT2D eigenvalue weighted by molar-refractivity contribution is 5.74. The van der Waals surface area contributed by atoms with E-state index in [1.54, 1.807) is 0 Å². The first-order valence-electron chi connectivity index (χ1n) is 12.7. The van der Waals surface area contributed by atoms with Gasteiger partial charge in [0.05, 0.1) is 5.60 Å². The van der Waals surface area contributed by atoms with Crippen LogP contribution >= 0.6 is 0 Å². The minimum Gasteiger partial charge on any atom is -0.375 e. The molecule has 30 heavy (non-hydrogen) atoms. The molecule has 0 aromatic rings. The molecule has 0 radical (unpaired) electrons. The van der Waals surface area contributed by atoms with Crippen molar-refractivity contribution < 1.29 is 9.53 Å². The summed E-state index contributed by atoms with van der Waals surface area (Å²) in [5.41, 5.74) is -0.000395. The minimum atomic E-state index is -0.000395. The van der Waals surface area contributed by atoms with Gasteiger partial charge in [0.1, 0.15) is 0 Å². The van der Waals surface area contributed by atoms with Crippen LogP contribution in [0.25, 0.3) is 0 Å². The fraction of sp³-hybridized carbons (Fsp3) is 0.958. The van der Waals surface area contributed by atoms with Crippen LogP contribution in [-0.2, 0) is 4.74 Å². The molecule has 6 nitrogen and oxygen atoms in total. The molecule has 172 valence electrons. The van der Waals surface area contributed by atoms with Crippen molar-refractivity contribution in [3.63, 3.8) is 0 Å². The molecular weight excluding hydrogens is 376 g/mol. The smallest absolute Gasteiger partial charge is 0.317 e. The van der Waals surface area contributed by atoms with Gasteiger partial charge < -0.3 is 19.9 Å². The van der Waals surface area contributed by atoms with Crippen LogP contribution in [0.5, 0.6) is 0 Å². The maximum atomic E-state index is 12.7. The number of rotatable bonds is 4. The van der Waals surface area contributed by atoms with Crippen LogP contribution in [0.2, 0.25) is 0 Å². The Kier molecular flexibility index (Phi) is 7.58. The van der Waals surface area contributed by atoms with Gasteiger partial charge in [-0.2, -0.15) is 0 Å². The van der Waals surface area contributed by atoms with Crippen molar-refractivity contribution in [3.8, 4) is 0 Å². The topological polar surface area (TPSA) is 48.1 Å². The molecule has 0 aromatic heterocycles. The molecule has 0 bridgehead atoms. The van der Waals surface area contributed by atoms with Crippen LogP contribution in [0.4, 0.5) is 4.79 Å². The Balaban J connectivity index is 1.23. The van der Waals surface area contributed by atoms with E-state index < -0.39 is 0 Å². The Labute approximate surface area is 183 Å². The Morgan fingerprint density at radius 3 is 2.37 bits per heavy atom. The van der Waals surface area contributed by atoms with Crippen LogP contribution in [0.1, 0.15) is 71.6 Å². The lowest BCUT2D eigenvalue weighted by Gasteiger charge is -2.49. The molecule has 1 N–H and O–H groups in total. The molecule has 4 rings (SSSR count). The largest absolute Gasteiger partial charge is 0.375 e. The van der Waals surface area contributed by atoms with Crippen molar-refractivity contribution in [2.45, 2.75) is 89.3 Å². The summed E-state index contributed by atoms with van der Waals surface area (Å²) in [4.78, 5) is 20.1. The van der Waals surface area contributed by atoms with E-state index in [9.17, 15) is 4.79 Å². The van der Waals surface area contributed by atoms with E-state index in [1.807, 2.05) is 4.90 Å². The van der Waals surface area contributed by atoms with Gasteiger partial charge in [0.15, 0.2) is 0 Å². The first kappa shape index (κ1) is 22.3. The van der Waals surface area contributed by atoms with Gasteiger partial charge in [0, 0.05) is 64.5 Å². The normalized spacial score (nSPS) is 29.4. The number of piperidine rings is 1. The van der Waals surface area contributed by atoms with E-state index in [4.69, 9.17) is 4.74 Å². The van der Waals surface area contributed by atoms with Crippen LogP contribution in [0.15, 0.2) is 0 Å². The van der Waals surface area contributed by atoms with Gasteiger partial charge >= 0.3 is 6.03 Å². The minimum absolute atomic E-state index is 0.000395. The summed E-state index contributed by atoms with van der Waals surface area (Å²) in [5, 5.41) is 3.29. The Morgan fingerprint density at radius 2 is 1.70 bits per heavy atom. The van der Waals surface area contributed by atoms with Gasteiger partial charge in [-0.25, -0.2) is 4.79 Å². The zero-order valence-corrected chi connectivity index (χ0v) is 19.4. The predicted octanol–water partition coefficient (Wildman–Crippen LogP) is 3.32. The van der Waals surface area contributed by atoms with Crippen molar-refractivity contribution in [3.05, 3.63) is 0 Å². The quantitative estimate of drug-likeness (QED) is 0.758. The lowest BCUT2D eigenvalue weighted by Crippen LogP contribution is -2.58. The van der Waals surface area contributed by atoms with Crippen LogP contribution < -0.4 is 5.32 Å². The molecular formula is C24H44N4O2. The van der Waals surface area contributed by atoms with Crippen LogP contribution in [-0.4, -0.2) is 90.8 Å². The fourth-order valence-electron chi connectivity index (χ4n) is 6.12. The zero-order valence-electron chi connectivity index (χ0n) is 19.4. The fourth-order valence-corrected chi connectivity index (χ4v) is 6.12. The lowest BCUT2D eigenvalue weighted by atomic mass is 9.81. The van der Waals surface area contributed by atoms with E-state index in [0.717, 1.165) is 64.1 Å². The number of likely N-dealkylation sites (tertiary alicyclic amines) is 1. The molecule has 3 heterocycles. The van der Waals surface area contributed by atoms with E-state index in [0.29, 0.717) is 12.1 Å². The van der Waals surface area contributed by atoms with Gasteiger partial charge in [-0.3, -0.25) is 4.90 Å². The van der Waals surface area contributed by atoms with E-state index in [-0.39, 0.29) is 11.6 Å². The zero-order chi connectivity index (χ0) is 21.0. The van der Waals surface area contributed by atoms with Gasteiger partial charge in [0.25, 0.3) is 0 Å². The highest BCUT2D eigenvalue weighted by Gasteiger charge is 2.43. The molecule has 0 aromatic carbocycles. The van der Waals surface area contributed by atoms with Gasteiger partial charge in [0.2, 0.25) is 0 Å². The summed E-state index contributed by atoms with van der Waals surface area (Å²) < 4.78 is 6.38. The van der Waals surface area contributed by atoms with E-state index in [2.05, 4.69) is 29.0 Å². The monoisotopic (exact) mass is 420 g/mol. The Hall–Kier alpha value is -0.850. The molecule has 3 aliphatic heterocycles. The maximum Gasteiger partial charge on any atom is 0.317 e. The van der Waals surface area contributed by atoms with E-state index in [1.165, 1.54) is 52.0 Å². The average molecular weight is 421 g/mol. The molecule has 1 atom stereocenters. The van der Waals surface area contributed by atoms with Crippen LogP contribution in [0, 0.1) is 5.92 Å². The second-order valence-corrected chi connectivity index (χ2v) is 10.7. The third kappa shape index (κ3) is 5.68. The van der Waals surface area contributed by atoms with Crippen molar-refractivity contribution in [2.24, 2.45) is 5.92 Å². The standard InChI is InChI=1S/C24H44N4O2/c1-20(2)19-26-13-15-27(16-14-26)22-8-17-30-24(18-22)9-11-28(12-10-24)23(29)25-21-6-4-3-5-7-21/h20-22H,3-19H2,1-2H3,(H,25,29). The van der Waals surface area contributed by atoms with Crippen LogP contribution in [0.3, 0.4) is 0 Å². The lowest BCUT2D eigenvalue weighted by molar-refractivity contribution is -0.132. The highest BCUT2D eigenvalue weighted by Crippen LogP contribution is 2.37. The number of amides is 2. The number of nitrogens with zero attached hydrogens (tertiary/aromatic N) is 3. The van der Waals surface area contributed by atoms with Crippen molar-refractivity contribution in [1.29, 1.82) is 0 Å². The van der Waals surface area contributed by atoms with Crippen molar-refractivity contribution in [1.82, 2.24) is 20.0 Å². The number of carbonyl (C=O) groups excluding carboxylic acids is 1. The number of hydrogen-bond acceptors (Lipinski definition) is 4. The van der Waals surface area contributed by atoms with Crippen molar-refractivity contribution in [2.75, 3.05) is 52.4 Å². The number of nitrogens with one attached hydrogen (secondary N) is 1. The third-order valence-electron chi connectivity index (χ3n) is 7.91. The summed E-state index contributed by atoms with van der Waals surface area (Å²) in [6.45, 7) is 13.2. The molecule has 6 heteroatoms. The first-order chi connectivity index (χ1) is 14.5. The molecule has 1 spiro atoms. The first-order valence-corrected chi connectivity index (χ1v) is 12.7. The summed E-state index contributed by atoms with van der Waals surface area (Å²) in [7, 11) is 0. The highest BCUT2D eigenvalue weighted by atomic mass is 16.5. The number of piperazine rings is 1. The number of urea groups is 1. The summed E-state index contributed by atoms with van der Waals surface area (Å²) >= 11 is 0. The van der Waals surface area contributed by atoms with Gasteiger partial charge in [-0.1, -0.05) is 33.1 Å². The molecule has 3 saturated heterocycles. The van der Waals surface area contributed by atoms with Gasteiger partial charge in [-0.15, -0.1) is 0 Å². The summed E-state index contributed by atoms with van der Waals surface area (Å²) in [6.07, 6.45) is 10.4. The maximum absolute atomic E-state index is 12.7. The third-order valence-corrected chi connectivity index (χ3v) is 7.91. The molecule has 1 saturated carbocycles. The summed E-state index contributed by atoms with van der Waals surface area (Å²) in [6, 6.07) is 1.21. The number of hydrogen-bond donors (Lipinski definition) is 1.